The normalized spacial score (nSPS) is 11.2. The summed E-state index contributed by atoms with van der Waals surface area (Å²) in [6.07, 6.45) is 1.73. The van der Waals surface area contributed by atoms with Gasteiger partial charge in [-0.05, 0) is 62.4 Å². The van der Waals surface area contributed by atoms with Crippen LogP contribution in [-0.4, -0.2) is 5.97 Å². The summed E-state index contributed by atoms with van der Waals surface area (Å²) in [5.74, 6) is -0.100. The third-order valence-electron chi connectivity index (χ3n) is 4.53. The largest absolute Gasteiger partial charge is 0.808 e. The first-order chi connectivity index (χ1) is 11.9. The second-order valence-corrected chi connectivity index (χ2v) is 6.74. The molecule has 0 amide bonds. The number of hydrogen-bond donors (Lipinski definition) is 0. The van der Waals surface area contributed by atoms with Crippen LogP contribution in [0, 0.1) is 20.8 Å². The molecule has 132 valence electrons. The van der Waals surface area contributed by atoms with Crippen molar-refractivity contribution in [1.82, 2.24) is 0 Å². The lowest BCUT2D eigenvalue weighted by Crippen LogP contribution is -2.06. The molecule has 1 atom stereocenters. The van der Waals surface area contributed by atoms with E-state index in [-0.39, 0.29) is 0 Å². The van der Waals surface area contributed by atoms with Crippen molar-refractivity contribution in [3.8, 4) is 5.75 Å². The topological polar surface area (TPSA) is 52.6 Å². The molecule has 0 spiro atoms. The summed E-state index contributed by atoms with van der Waals surface area (Å²) >= 11 is 0. The number of carbonyl (C=O) groups is 1. The summed E-state index contributed by atoms with van der Waals surface area (Å²) in [7, 11) is -2.60. The van der Waals surface area contributed by atoms with E-state index < -0.39 is 14.2 Å². The highest BCUT2D eigenvalue weighted by molar-refractivity contribution is 7.34. The van der Waals surface area contributed by atoms with E-state index in [1.165, 1.54) is 16.7 Å². The van der Waals surface area contributed by atoms with Crippen LogP contribution in [0.25, 0.3) is 0 Å². The molecule has 2 rings (SSSR count). The summed E-state index contributed by atoms with van der Waals surface area (Å²) in [5.41, 5.74) is 5.88. The maximum atomic E-state index is 12.3. The van der Waals surface area contributed by atoms with Gasteiger partial charge in [0.1, 0.15) is 0 Å². The second kappa shape index (κ2) is 8.26. The van der Waals surface area contributed by atoms with E-state index in [1.807, 2.05) is 13.8 Å². The van der Waals surface area contributed by atoms with Crippen LogP contribution >= 0.6 is 8.25 Å². The summed E-state index contributed by atoms with van der Waals surface area (Å²) in [4.78, 5) is 12.0. The highest BCUT2D eigenvalue weighted by atomic mass is 31.1. The van der Waals surface area contributed by atoms with E-state index in [0.29, 0.717) is 11.3 Å². The second-order valence-electron chi connectivity index (χ2n) is 5.93. The molecule has 0 aliphatic heterocycles. The quantitative estimate of drug-likeness (QED) is 0.627. The molecule has 0 bridgehead atoms. The molecular weight excluding hydrogens is 335 g/mol. The predicted molar refractivity (Wildman–Crippen MR) is 99.5 cm³/mol. The zero-order valence-corrected chi connectivity index (χ0v) is 16.3. The Hall–Kier alpha value is -2.19. The van der Waals surface area contributed by atoms with Gasteiger partial charge in [-0.25, -0.2) is 9.32 Å². The molecule has 0 fully saturated rings. The Morgan fingerprint density at radius 1 is 0.920 bits per heavy atom. The van der Waals surface area contributed by atoms with Crippen LogP contribution < -0.4 is 4.52 Å². The van der Waals surface area contributed by atoms with Gasteiger partial charge >= 0.3 is 14.2 Å². The first kappa shape index (κ1) is 19.1. The van der Waals surface area contributed by atoms with Gasteiger partial charge in [0, 0.05) is 15.7 Å². The smallest absolute Gasteiger partial charge is 0.241 e. The van der Waals surface area contributed by atoms with Gasteiger partial charge in [-0.1, -0.05) is 32.0 Å². The highest BCUT2D eigenvalue weighted by Gasteiger charge is 2.32. The fraction of sp³-hybridized carbons (Fsp3) is 0.350. The number of carbonyl (C=O) groups excluding carboxylic acids is 1. The summed E-state index contributed by atoms with van der Waals surface area (Å²) in [6, 6.07) is 8.46. The third kappa shape index (κ3) is 4.08. The maximum absolute atomic E-state index is 12.3. The Bertz CT molecular complexity index is 766. The van der Waals surface area contributed by atoms with Crippen LogP contribution in [0.2, 0.25) is 0 Å². The first-order valence-corrected chi connectivity index (χ1v) is 9.54. The monoisotopic (exact) mass is 359 g/mol. The van der Waals surface area contributed by atoms with Crippen LogP contribution in [0.15, 0.2) is 30.3 Å². The SMILES string of the molecule is CCc1c(C)c(CC)c(C)c(O[P+](=O)OC(=O)c2ccccc2)c1C. The average Bonchev–Trinajstić information content (AvgIpc) is 2.60. The van der Waals surface area contributed by atoms with Crippen LogP contribution in [0.4, 0.5) is 0 Å². The number of hydrogen-bond acceptors (Lipinski definition) is 4. The van der Waals surface area contributed by atoms with Crippen LogP contribution in [-0.2, 0) is 21.9 Å². The molecule has 0 radical (unpaired) electrons. The standard InChI is InChI=1S/C20H24O4P/c1-6-17-13(3)18(7-2)15(5)19(14(17)4)23-25(22)24-20(21)16-11-9-8-10-12-16/h8-12H,6-7H2,1-5H3/q+1. The minimum Gasteiger partial charge on any atom is -0.241 e. The molecule has 5 heteroatoms. The van der Waals surface area contributed by atoms with E-state index >= 15 is 0 Å². The van der Waals surface area contributed by atoms with Crippen molar-refractivity contribution >= 4 is 14.2 Å². The van der Waals surface area contributed by atoms with Crippen LogP contribution in [0.3, 0.4) is 0 Å². The lowest BCUT2D eigenvalue weighted by molar-refractivity contribution is 0.0733. The molecular formula is C20H24O4P+. The van der Waals surface area contributed by atoms with E-state index in [1.54, 1.807) is 30.3 Å². The Labute approximate surface area is 150 Å². The summed E-state index contributed by atoms with van der Waals surface area (Å²) < 4.78 is 22.8. The van der Waals surface area contributed by atoms with Crippen molar-refractivity contribution in [2.24, 2.45) is 0 Å². The van der Waals surface area contributed by atoms with Gasteiger partial charge in [0.05, 0.1) is 5.56 Å². The van der Waals surface area contributed by atoms with Gasteiger partial charge in [-0.3, -0.25) is 0 Å². The van der Waals surface area contributed by atoms with Crippen molar-refractivity contribution in [1.29, 1.82) is 0 Å². The number of rotatable bonds is 6. The molecule has 0 aromatic heterocycles. The molecule has 25 heavy (non-hydrogen) atoms. The fourth-order valence-electron chi connectivity index (χ4n) is 3.29. The lowest BCUT2D eigenvalue weighted by Gasteiger charge is -2.17. The van der Waals surface area contributed by atoms with Crippen molar-refractivity contribution < 1.29 is 18.4 Å². The zero-order chi connectivity index (χ0) is 18.6. The van der Waals surface area contributed by atoms with Crippen LogP contribution in [0.1, 0.15) is 52.0 Å². The Morgan fingerprint density at radius 2 is 1.44 bits per heavy atom. The zero-order valence-electron chi connectivity index (χ0n) is 15.4. The average molecular weight is 359 g/mol. The van der Waals surface area contributed by atoms with Crippen molar-refractivity contribution in [3.05, 3.63) is 63.7 Å². The van der Waals surface area contributed by atoms with Gasteiger partial charge in [-0.2, -0.15) is 4.52 Å². The van der Waals surface area contributed by atoms with Gasteiger partial charge in [0.2, 0.25) is 0 Å². The van der Waals surface area contributed by atoms with E-state index in [2.05, 4.69) is 20.8 Å². The summed E-state index contributed by atoms with van der Waals surface area (Å²) in [6.45, 7) is 10.2. The minimum absolute atomic E-state index is 0.343. The molecule has 2 aromatic rings. The summed E-state index contributed by atoms with van der Waals surface area (Å²) in [5, 5.41) is 0. The van der Waals surface area contributed by atoms with E-state index in [9.17, 15) is 9.36 Å². The molecule has 0 aliphatic rings. The third-order valence-corrected chi connectivity index (χ3v) is 5.18. The first-order valence-electron chi connectivity index (χ1n) is 8.44. The van der Waals surface area contributed by atoms with Gasteiger partial charge in [0.15, 0.2) is 5.75 Å². The van der Waals surface area contributed by atoms with Crippen molar-refractivity contribution in [2.75, 3.05) is 0 Å². The Balaban J connectivity index is 2.27. The molecule has 0 saturated heterocycles. The van der Waals surface area contributed by atoms with Crippen molar-refractivity contribution in [2.45, 2.75) is 47.5 Å². The van der Waals surface area contributed by atoms with E-state index in [0.717, 1.165) is 24.0 Å². The maximum Gasteiger partial charge on any atom is 0.808 e. The minimum atomic E-state index is -2.60. The molecule has 2 aromatic carbocycles. The fourth-order valence-corrected chi connectivity index (χ4v) is 3.99. The van der Waals surface area contributed by atoms with Gasteiger partial charge < -0.3 is 0 Å². The highest BCUT2D eigenvalue weighted by Crippen LogP contribution is 2.39. The van der Waals surface area contributed by atoms with Gasteiger partial charge in [0.25, 0.3) is 0 Å². The molecule has 0 aliphatic carbocycles. The Kier molecular flexibility index (Phi) is 6.33. The van der Waals surface area contributed by atoms with E-state index in [4.69, 9.17) is 9.05 Å². The predicted octanol–water partition coefficient (Wildman–Crippen LogP) is 5.63. The molecule has 0 saturated carbocycles. The molecule has 4 nitrogen and oxygen atoms in total. The Morgan fingerprint density at radius 3 is 1.92 bits per heavy atom. The molecule has 1 unspecified atom stereocenters. The van der Waals surface area contributed by atoms with Crippen LogP contribution in [0.5, 0.6) is 5.75 Å². The van der Waals surface area contributed by atoms with Crippen molar-refractivity contribution in [3.63, 3.8) is 0 Å². The lowest BCUT2D eigenvalue weighted by atomic mass is 9.90. The molecule has 0 N–H and O–H groups in total. The molecule has 0 heterocycles. The van der Waals surface area contributed by atoms with Gasteiger partial charge in [-0.15, -0.1) is 0 Å². The number of benzene rings is 2.